The lowest BCUT2D eigenvalue weighted by atomic mass is 9.93. The summed E-state index contributed by atoms with van der Waals surface area (Å²) in [5.41, 5.74) is 2.39. The van der Waals surface area contributed by atoms with E-state index in [4.69, 9.17) is 0 Å². The van der Waals surface area contributed by atoms with Crippen LogP contribution in [-0.2, 0) is 13.6 Å². The van der Waals surface area contributed by atoms with Crippen molar-refractivity contribution in [2.24, 2.45) is 18.9 Å². The zero-order valence-corrected chi connectivity index (χ0v) is 11.5. The lowest BCUT2D eigenvalue weighted by molar-refractivity contribution is 0.342. The Kier molecular flexibility index (Phi) is 3.87. The van der Waals surface area contributed by atoms with Crippen molar-refractivity contribution in [2.75, 3.05) is 0 Å². The second-order valence-electron chi connectivity index (χ2n) is 5.49. The average Bonchev–Trinajstić information content (AvgIpc) is 2.79. The first-order valence-corrected chi connectivity index (χ1v) is 6.84. The predicted molar refractivity (Wildman–Crippen MR) is 70.8 cm³/mol. The second-order valence-corrected chi connectivity index (χ2v) is 5.49. The molecular weight excluding hydrogens is 210 g/mol. The highest BCUT2D eigenvalue weighted by atomic mass is 15.3. The molecule has 0 aliphatic heterocycles. The molecule has 3 atom stereocenters. The van der Waals surface area contributed by atoms with Gasteiger partial charge in [-0.2, -0.15) is 5.10 Å². The van der Waals surface area contributed by atoms with Crippen LogP contribution in [0.1, 0.15) is 44.5 Å². The van der Waals surface area contributed by atoms with E-state index in [-0.39, 0.29) is 0 Å². The third-order valence-corrected chi connectivity index (χ3v) is 4.40. The molecule has 3 unspecified atom stereocenters. The summed E-state index contributed by atoms with van der Waals surface area (Å²) in [6, 6.07) is 2.86. The molecule has 0 bridgehead atoms. The largest absolute Gasteiger partial charge is 0.308 e. The zero-order valence-electron chi connectivity index (χ0n) is 11.5. The van der Waals surface area contributed by atoms with E-state index < -0.39 is 0 Å². The maximum absolute atomic E-state index is 4.38. The number of aryl methyl sites for hydroxylation is 2. The number of aromatic nitrogens is 2. The first-order valence-electron chi connectivity index (χ1n) is 6.84. The number of hydrogen-bond acceptors (Lipinski definition) is 2. The van der Waals surface area contributed by atoms with Crippen molar-refractivity contribution in [3.8, 4) is 0 Å². The molecule has 1 N–H and O–H groups in total. The van der Waals surface area contributed by atoms with Gasteiger partial charge < -0.3 is 5.32 Å². The van der Waals surface area contributed by atoms with E-state index >= 15 is 0 Å². The van der Waals surface area contributed by atoms with E-state index in [0.717, 1.165) is 24.1 Å². The molecule has 0 aromatic carbocycles. The van der Waals surface area contributed by atoms with Gasteiger partial charge in [-0.1, -0.05) is 20.3 Å². The van der Waals surface area contributed by atoms with Crippen LogP contribution in [0.5, 0.6) is 0 Å². The minimum absolute atomic E-state index is 0.690. The lowest BCUT2D eigenvalue weighted by Gasteiger charge is -2.21. The molecule has 1 saturated carbocycles. The van der Waals surface area contributed by atoms with Crippen LogP contribution < -0.4 is 5.32 Å². The SMILES string of the molecule is CCC1CCC(NCc2cc(C)nn2C)C1C. The first-order chi connectivity index (χ1) is 8.11. The van der Waals surface area contributed by atoms with E-state index in [1.807, 2.05) is 11.7 Å². The maximum Gasteiger partial charge on any atom is 0.0597 e. The molecule has 1 aliphatic carbocycles. The second kappa shape index (κ2) is 5.21. The summed E-state index contributed by atoms with van der Waals surface area (Å²) >= 11 is 0. The molecule has 0 amide bonds. The molecule has 0 spiro atoms. The molecule has 1 aromatic rings. The molecule has 1 fully saturated rings. The summed E-state index contributed by atoms with van der Waals surface area (Å²) in [5, 5.41) is 8.09. The Hall–Kier alpha value is -0.830. The topological polar surface area (TPSA) is 29.9 Å². The molecule has 1 aliphatic rings. The van der Waals surface area contributed by atoms with E-state index in [0.29, 0.717) is 6.04 Å². The van der Waals surface area contributed by atoms with Crippen LogP contribution in [0.4, 0.5) is 0 Å². The molecule has 3 heteroatoms. The van der Waals surface area contributed by atoms with Crippen LogP contribution in [0, 0.1) is 18.8 Å². The number of rotatable bonds is 4. The highest BCUT2D eigenvalue weighted by molar-refractivity contribution is 5.08. The minimum atomic E-state index is 0.690. The van der Waals surface area contributed by atoms with Gasteiger partial charge in [0.2, 0.25) is 0 Å². The summed E-state index contributed by atoms with van der Waals surface area (Å²) in [4.78, 5) is 0. The Labute approximate surface area is 105 Å². The van der Waals surface area contributed by atoms with Gasteiger partial charge in [-0.15, -0.1) is 0 Å². The van der Waals surface area contributed by atoms with Gasteiger partial charge in [0.1, 0.15) is 0 Å². The van der Waals surface area contributed by atoms with Gasteiger partial charge in [0, 0.05) is 19.6 Å². The molecular formula is C14H25N3. The van der Waals surface area contributed by atoms with Gasteiger partial charge in [0.05, 0.1) is 11.4 Å². The Morgan fingerprint density at radius 3 is 2.76 bits per heavy atom. The Morgan fingerprint density at radius 2 is 2.24 bits per heavy atom. The summed E-state index contributed by atoms with van der Waals surface area (Å²) in [5.74, 6) is 1.73. The van der Waals surface area contributed by atoms with Crippen molar-refractivity contribution in [2.45, 2.75) is 52.6 Å². The van der Waals surface area contributed by atoms with Crippen LogP contribution in [0.2, 0.25) is 0 Å². The lowest BCUT2D eigenvalue weighted by Crippen LogP contribution is -2.32. The quantitative estimate of drug-likeness (QED) is 0.869. The molecule has 0 saturated heterocycles. The average molecular weight is 235 g/mol. The van der Waals surface area contributed by atoms with Crippen molar-refractivity contribution < 1.29 is 0 Å². The highest BCUT2D eigenvalue weighted by Crippen LogP contribution is 2.33. The molecule has 2 rings (SSSR count). The molecule has 0 radical (unpaired) electrons. The third-order valence-electron chi connectivity index (χ3n) is 4.40. The number of hydrogen-bond donors (Lipinski definition) is 1. The first kappa shape index (κ1) is 12.6. The van der Waals surface area contributed by atoms with Crippen molar-refractivity contribution in [3.05, 3.63) is 17.5 Å². The van der Waals surface area contributed by atoms with Crippen molar-refractivity contribution in [1.82, 2.24) is 15.1 Å². The third kappa shape index (κ3) is 2.71. The predicted octanol–water partition coefficient (Wildman–Crippen LogP) is 2.64. The van der Waals surface area contributed by atoms with Gasteiger partial charge in [-0.05, 0) is 37.7 Å². The van der Waals surface area contributed by atoms with E-state index in [9.17, 15) is 0 Å². The van der Waals surface area contributed by atoms with Crippen molar-refractivity contribution >= 4 is 0 Å². The summed E-state index contributed by atoms with van der Waals surface area (Å²) < 4.78 is 1.99. The van der Waals surface area contributed by atoms with Gasteiger partial charge >= 0.3 is 0 Å². The van der Waals surface area contributed by atoms with Crippen molar-refractivity contribution in [3.63, 3.8) is 0 Å². The van der Waals surface area contributed by atoms with Crippen LogP contribution in [-0.4, -0.2) is 15.8 Å². The van der Waals surface area contributed by atoms with E-state index in [1.165, 1.54) is 25.0 Å². The summed E-state index contributed by atoms with van der Waals surface area (Å²) in [6.45, 7) is 7.71. The van der Waals surface area contributed by atoms with Crippen LogP contribution >= 0.6 is 0 Å². The molecule has 1 heterocycles. The highest BCUT2D eigenvalue weighted by Gasteiger charge is 2.30. The van der Waals surface area contributed by atoms with Crippen LogP contribution in [0.15, 0.2) is 6.07 Å². The van der Waals surface area contributed by atoms with Crippen molar-refractivity contribution in [1.29, 1.82) is 0 Å². The normalized spacial score (nSPS) is 28.8. The summed E-state index contributed by atoms with van der Waals surface area (Å²) in [6.07, 6.45) is 4.04. The Balaban J connectivity index is 1.89. The van der Waals surface area contributed by atoms with Crippen LogP contribution in [0.25, 0.3) is 0 Å². The van der Waals surface area contributed by atoms with Gasteiger partial charge in [0.15, 0.2) is 0 Å². The number of nitrogens with zero attached hydrogens (tertiary/aromatic N) is 2. The smallest absolute Gasteiger partial charge is 0.0597 e. The Morgan fingerprint density at radius 1 is 1.47 bits per heavy atom. The van der Waals surface area contributed by atoms with Crippen LogP contribution in [0.3, 0.4) is 0 Å². The van der Waals surface area contributed by atoms with Gasteiger partial charge in [-0.3, -0.25) is 4.68 Å². The molecule has 17 heavy (non-hydrogen) atoms. The Bertz CT molecular complexity index is 370. The van der Waals surface area contributed by atoms with Gasteiger partial charge in [0.25, 0.3) is 0 Å². The monoisotopic (exact) mass is 235 g/mol. The zero-order chi connectivity index (χ0) is 12.4. The molecule has 3 nitrogen and oxygen atoms in total. The van der Waals surface area contributed by atoms with Gasteiger partial charge in [-0.25, -0.2) is 0 Å². The maximum atomic E-state index is 4.38. The fourth-order valence-electron chi connectivity index (χ4n) is 3.18. The fourth-order valence-corrected chi connectivity index (χ4v) is 3.18. The number of nitrogens with one attached hydrogen (secondary N) is 1. The standard InChI is InChI=1S/C14H25N3/c1-5-12-6-7-14(11(12)3)15-9-13-8-10(2)16-17(13)4/h8,11-12,14-15H,5-7,9H2,1-4H3. The molecule has 1 aromatic heterocycles. The fraction of sp³-hybridized carbons (Fsp3) is 0.786. The van der Waals surface area contributed by atoms with E-state index in [2.05, 4.69) is 37.3 Å². The molecule has 96 valence electrons. The minimum Gasteiger partial charge on any atom is -0.308 e. The summed E-state index contributed by atoms with van der Waals surface area (Å²) in [7, 11) is 2.02. The van der Waals surface area contributed by atoms with E-state index in [1.54, 1.807) is 0 Å².